The number of aliphatic imine (C=N–C) groups is 1. The number of halogens is 1. The van der Waals surface area contributed by atoms with Crippen LogP contribution in [0.2, 0.25) is 5.02 Å². The van der Waals surface area contributed by atoms with Gasteiger partial charge in [0.15, 0.2) is 0 Å². The standard InChI is InChI=1S/C10H13ClN2/c1-13-10(12)7-6-8-4-2-3-5-9(8)11/h2-5H,6-7H2,1H3,(H2,12,13). The molecule has 0 spiro atoms. The van der Waals surface area contributed by atoms with Crippen LogP contribution in [0.3, 0.4) is 0 Å². The molecule has 0 heterocycles. The molecule has 1 aromatic rings. The van der Waals surface area contributed by atoms with Crippen molar-refractivity contribution in [2.75, 3.05) is 7.05 Å². The molecule has 0 saturated heterocycles. The molecule has 13 heavy (non-hydrogen) atoms. The maximum atomic E-state index is 5.97. The zero-order valence-corrected chi connectivity index (χ0v) is 8.38. The topological polar surface area (TPSA) is 38.4 Å². The molecule has 1 rings (SSSR count). The number of aryl methyl sites for hydroxylation is 1. The average molecular weight is 197 g/mol. The lowest BCUT2D eigenvalue weighted by molar-refractivity contribution is 1.02. The first-order chi connectivity index (χ1) is 6.24. The van der Waals surface area contributed by atoms with Crippen molar-refractivity contribution in [1.82, 2.24) is 0 Å². The van der Waals surface area contributed by atoms with Crippen LogP contribution in [-0.2, 0) is 6.42 Å². The second-order valence-corrected chi connectivity index (χ2v) is 3.21. The SMILES string of the molecule is CN=C(N)CCc1ccccc1Cl. The molecule has 0 amide bonds. The van der Waals surface area contributed by atoms with E-state index in [2.05, 4.69) is 4.99 Å². The van der Waals surface area contributed by atoms with Crippen LogP contribution < -0.4 is 5.73 Å². The van der Waals surface area contributed by atoms with Gasteiger partial charge < -0.3 is 5.73 Å². The van der Waals surface area contributed by atoms with E-state index in [1.54, 1.807) is 7.05 Å². The first-order valence-electron chi connectivity index (χ1n) is 4.18. The van der Waals surface area contributed by atoms with E-state index in [0.29, 0.717) is 5.84 Å². The molecule has 0 aromatic heterocycles. The van der Waals surface area contributed by atoms with Gasteiger partial charge in [-0.3, -0.25) is 4.99 Å². The van der Waals surface area contributed by atoms with Crippen molar-refractivity contribution in [3.63, 3.8) is 0 Å². The molecule has 0 radical (unpaired) electrons. The third-order valence-corrected chi connectivity index (χ3v) is 2.26. The average Bonchev–Trinajstić information content (AvgIpc) is 2.16. The monoisotopic (exact) mass is 196 g/mol. The quantitative estimate of drug-likeness (QED) is 0.585. The fourth-order valence-electron chi connectivity index (χ4n) is 1.08. The van der Waals surface area contributed by atoms with Crippen LogP contribution in [0.5, 0.6) is 0 Å². The van der Waals surface area contributed by atoms with E-state index in [9.17, 15) is 0 Å². The van der Waals surface area contributed by atoms with E-state index in [4.69, 9.17) is 17.3 Å². The van der Waals surface area contributed by atoms with E-state index in [0.717, 1.165) is 23.4 Å². The summed E-state index contributed by atoms with van der Waals surface area (Å²) in [6.45, 7) is 0. The van der Waals surface area contributed by atoms with E-state index in [1.807, 2.05) is 24.3 Å². The largest absolute Gasteiger partial charge is 0.387 e. The molecule has 1 aromatic carbocycles. The number of benzene rings is 1. The molecule has 0 atom stereocenters. The van der Waals surface area contributed by atoms with Crippen molar-refractivity contribution in [2.24, 2.45) is 10.7 Å². The Balaban J connectivity index is 2.60. The second kappa shape index (κ2) is 4.87. The lowest BCUT2D eigenvalue weighted by atomic mass is 10.1. The van der Waals surface area contributed by atoms with Crippen molar-refractivity contribution in [3.05, 3.63) is 34.9 Å². The highest BCUT2D eigenvalue weighted by atomic mass is 35.5. The van der Waals surface area contributed by atoms with Gasteiger partial charge in [0, 0.05) is 18.5 Å². The summed E-state index contributed by atoms with van der Waals surface area (Å²) in [6, 6.07) is 7.78. The molecular weight excluding hydrogens is 184 g/mol. The fraction of sp³-hybridized carbons (Fsp3) is 0.300. The van der Waals surface area contributed by atoms with Gasteiger partial charge in [-0.25, -0.2) is 0 Å². The molecule has 0 aliphatic rings. The number of amidine groups is 1. The zero-order valence-electron chi connectivity index (χ0n) is 7.63. The predicted molar refractivity (Wildman–Crippen MR) is 57.3 cm³/mol. The summed E-state index contributed by atoms with van der Waals surface area (Å²) in [5.41, 5.74) is 6.70. The minimum Gasteiger partial charge on any atom is -0.387 e. The van der Waals surface area contributed by atoms with Crippen LogP contribution >= 0.6 is 11.6 Å². The molecule has 2 N–H and O–H groups in total. The third kappa shape index (κ3) is 3.07. The van der Waals surface area contributed by atoms with Gasteiger partial charge in [0.25, 0.3) is 0 Å². The minimum atomic E-state index is 0.667. The summed E-state index contributed by atoms with van der Waals surface area (Å²) in [7, 11) is 1.70. The molecule has 70 valence electrons. The highest BCUT2D eigenvalue weighted by molar-refractivity contribution is 6.31. The van der Waals surface area contributed by atoms with Crippen molar-refractivity contribution < 1.29 is 0 Å². The van der Waals surface area contributed by atoms with Gasteiger partial charge in [0.1, 0.15) is 0 Å². The van der Waals surface area contributed by atoms with Crippen LogP contribution in [0.4, 0.5) is 0 Å². The van der Waals surface area contributed by atoms with Crippen molar-refractivity contribution in [1.29, 1.82) is 0 Å². The van der Waals surface area contributed by atoms with Crippen LogP contribution in [0.25, 0.3) is 0 Å². The summed E-state index contributed by atoms with van der Waals surface area (Å²) >= 11 is 5.97. The Labute approximate surface area is 83.4 Å². The van der Waals surface area contributed by atoms with Gasteiger partial charge in [-0.2, -0.15) is 0 Å². The summed E-state index contributed by atoms with van der Waals surface area (Å²) in [4.78, 5) is 3.88. The first-order valence-corrected chi connectivity index (χ1v) is 4.56. The molecular formula is C10H13ClN2. The van der Waals surface area contributed by atoms with E-state index in [1.165, 1.54) is 0 Å². The Kier molecular flexibility index (Phi) is 3.77. The van der Waals surface area contributed by atoms with Crippen LogP contribution in [0, 0.1) is 0 Å². The molecule has 2 nitrogen and oxygen atoms in total. The van der Waals surface area contributed by atoms with Gasteiger partial charge in [-0.05, 0) is 18.1 Å². The Bertz CT molecular complexity index is 308. The van der Waals surface area contributed by atoms with Crippen LogP contribution in [0.1, 0.15) is 12.0 Å². The Hall–Kier alpha value is -1.02. The van der Waals surface area contributed by atoms with Gasteiger partial charge >= 0.3 is 0 Å². The van der Waals surface area contributed by atoms with Crippen molar-refractivity contribution in [3.8, 4) is 0 Å². The first kappa shape index (κ1) is 10.1. The molecule has 0 fully saturated rings. The van der Waals surface area contributed by atoms with Crippen molar-refractivity contribution >= 4 is 17.4 Å². The molecule has 0 bridgehead atoms. The third-order valence-electron chi connectivity index (χ3n) is 1.90. The molecule has 0 unspecified atom stereocenters. The summed E-state index contributed by atoms with van der Waals surface area (Å²) in [5, 5.41) is 0.798. The van der Waals surface area contributed by atoms with E-state index in [-0.39, 0.29) is 0 Å². The predicted octanol–water partition coefficient (Wildman–Crippen LogP) is 2.26. The Morgan fingerprint density at radius 2 is 2.15 bits per heavy atom. The van der Waals surface area contributed by atoms with Gasteiger partial charge in [0.2, 0.25) is 0 Å². The number of rotatable bonds is 3. The van der Waals surface area contributed by atoms with Gasteiger partial charge in [0.05, 0.1) is 5.84 Å². The molecule has 0 saturated carbocycles. The number of hydrogen-bond donors (Lipinski definition) is 1. The van der Waals surface area contributed by atoms with E-state index >= 15 is 0 Å². The van der Waals surface area contributed by atoms with Gasteiger partial charge in [-0.1, -0.05) is 29.8 Å². The van der Waals surface area contributed by atoms with E-state index < -0.39 is 0 Å². The minimum absolute atomic E-state index is 0.667. The number of nitrogens with two attached hydrogens (primary N) is 1. The Morgan fingerprint density at radius 3 is 2.77 bits per heavy atom. The highest BCUT2D eigenvalue weighted by Gasteiger charge is 1.99. The highest BCUT2D eigenvalue weighted by Crippen LogP contribution is 2.16. The second-order valence-electron chi connectivity index (χ2n) is 2.81. The summed E-state index contributed by atoms with van der Waals surface area (Å²) in [6.07, 6.45) is 1.61. The molecule has 3 heteroatoms. The lowest BCUT2D eigenvalue weighted by Gasteiger charge is -2.02. The number of nitrogens with zero attached hydrogens (tertiary/aromatic N) is 1. The van der Waals surface area contributed by atoms with Crippen LogP contribution in [0.15, 0.2) is 29.3 Å². The van der Waals surface area contributed by atoms with Crippen LogP contribution in [-0.4, -0.2) is 12.9 Å². The van der Waals surface area contributed by atoms with Gasteiger partial charge in [-0.15, -0.1) is 0 Å². The zero-order chi connectivity index (χ0) is 9.68. The molecule has 0 aliphatic carbocycles. The summed E-state index contributed by atoms with van der Waals surface area (Å²) in [5.74, 6) is 0.667. The molecule has 0 aliphatic heterocycles. The maximum absolute atomic E-state index is 5.97. The Morgan fingerprint density at radius 1 is 1.46 bits per heavy atom. The lowest BCUT2D eigenvalue weighted by Crippen LogP contribution is -2.12. The maximum Gasteiger partial charge on any atom is 0.0936 e. The van der Waals surface area contributed by atoms with Crippen molar-refractivity contribution in [2.45, 2.75) is 12.8 Å². The fourth-order valence-corrected chi connectivity index (χ4v) is 1.31. The summed E-state index contributed by atoms with van der Waals surface area (Å²) < 4.78 is 0. The normalized spacial score (nSPS) is 11.7. The number of hydrogen-bond acceptors (Lipinski definition) is 1. The smallest absolute Gasteiger partial charge is 0.0936 e.